The maximum absolute atomic E-state index is 14.4. The van der Waals surface area contributed by atoms with Crippen LogP contribution in [-0.4, -0.2) is 21.6 Å². The van der Waals surface area contributed by atoms with E-state index in [4.69, 9.17) is 20.8 Å². The number of hydrogen-bond acceptors (Lipinski definition) is 4. The van der Waals surface area contributed by atoms with E-state index in [-0.39, 0.29) is 11.4 Å². The largest absolute Gasteiger partial charge is 0.456 e. The number of furan rings is 1. The van der Waals surface area contributed by atoms with Gasteiger partial charge in [-0.2, -0.15) is 0 Å². The maximum Gasteiger partial charge on any atom is 0.264 e. The molecule has 2 heterocycles. The average Bonchev–Trinajstić information content (AvgIpc) is 3.34. The zero-order valence-electron chi connectivity index (χ0n) is 22.0. The lowest BCUT2D eigenvalue weighted by Crippen LogP contribution is -2.33. The molecule has 5 nitrogen and oxygen atoms in total. The van der Waals surface area contributed by atoms with Gasteiger partial charge in [0, 0.05) is 10.4 Å². The Morgan fingerprint density at radius 3 is 2.30 bits per heavy atom. The van der Waals surface area contributed by atoms with Crippen LogP contribution in [0.2, 0.25) is 5.02 Å². The highest BCUT2D eigenvalue weighted by atomic mass is 35.5. The third-order valence-electron chi connectivity index (χ3n) is 7.17. The summed E-state index contributed by atoms with van der Waals surface area (Å²) < 4.78 is 43.2. The van der Waals surface area contributed by atoms with E-state index in [1.807, 2.05) is 104 Å². The number of nitrogens with zero attached hydrogens (tertiary/aromatic N) is 1. The molecule has 1 aliphatic rings. The van der Waals surface area contributed by atoms with Crippen LogP contribution < -0.4 is 4.31 Å². The van der Waals surface area contributed by atoms with E-state index in [1.165, 1.54) is 4.31 Å². The second kappa shape index (κ2) is 11.0. The highest BCUT2D eigenvalue weighted by molar-refractivity contribution is 7.92. The zero-order valence-corrected chi connectivity index (χ0v) is 23.5. The van der Waals surface area contributed by atoms with E-state index in [0.29, 0.717) is 40.5 Å². The third-order valence-corrected chi connectivity index (χ3v) is 9.20. The fourth-order valence-electron chi connectivity index (χ4n) is 5.09. The standard InChI is InChI=1S/C33H28ClNO4S/c1-23-11-17-28(18-12-23)40(36,37)35-21-19-25(24-13-15-27(34)16-14-24)20-22-38-32(26-7-3-2-4-8-26)33-31(35)29-9-5-6-10-30(29)39-33/h2-19,32H,20-22H2,1H3/b25-19+/t32-/m1/s1. The third kappa shape index (κ3) is 5.06. The summed E-state index contributed by atoms with van der Waals surface area (Å²) in [6, 6.07) is 31.8. The summed E-state index contributed by atoms with van der Waals surface area (Å²) in [5.41, 5.74) is 4.89. The van der Waals surface area contributed by atoms with E-state index in [0.717, 1.165) is 22.3 Å². The highest BCUT2D eigenvalue weighted by Crippen LogP contribution is 2.44. The molecule has 0 saturated carbocycles. The van der Waals surface area contributed by atoms with Crippen LogP contribution in [0.25, 0.3) is 16.5 Å². The average molecular weight is 570 g/mol. The SMILES string of the molecule is Cc1ccc(S(=O)(=O)N2C/C=C(/c3ccc(Cl)cc3)CCO[C@H](c3ccccc3)c3oc4ccccc4c32)cc1. The van der Waals surface area contributed by atoms with Gasteiger partial charge in [-0.05, 0) is 66.4 Å². The Balaban J connectivity index is 1.60. The smallest absolute Gasteiger partial charge is 0.264 e. The molecule has 0 spiro atoms. The highest BCUT2D eigenvalue weighted by Gasteiger charge is 2.34. The monoisotopic (exact) mass is 569 g/mol. The molecule has 0 N–H and O–H groups in total. The lowest BCUT2D eigenvalue weighted by atomic mass is 10.0. The lowest BCUT2D eigenvalue weighted by Gasteiger charge is -2.28. The van der Waals surface area contributed by atoms with Crippen molar-refractivity contribution in [3.8, 4) is 0 Å². The van der Waals surface area contributed by atoms with Crippen molar-refractivity contribution in [3.05, 3.63) is 137 Å². The molecule has 5 aromatic rings. The molecular weight excluding hydrogens is 542 g/mol. The molecule has 0 amide bonds. The normalized spacial score (nSPS) is 17.7. The van der Waals surface area contributed by atoms with Crippen molar-refractivity contribution in [3.63, 3.8) is 0 Å². The van der Waals surface area contributed by atoms with Crippen molar-refractivity contribution in [1.82, 2.24) is 0 Å². The van der Waals surface area contributed by atoms with Crippen LogP contribution in [0.4, 0.5) is 5.69 Å². The number of fused-ring (bicyclic) bond motifs is 3. The van der Waals surface area contributed by atoms with E-state index >= 15 is 0 Å². The van der Waals surface area contributed by atoms with Gasteiger partial charge in [-0.1, -0.05) is 90.0 Å². The van der Waals surface area contributed by atoms with Gasteiger partial charge in [0.2, 0.25) is 0 Å². The quantitative estimate of drug-likeness (QED) is 0.219. The Bertz CT molecular complexity index is 1780. The number of rotatable bonds is 4. The molecule has 40 heavy (non-hydrogen) atoms. The van der Waals surface area contributed by atoms with Gasteiger partial charge in [0.1, 0.15) is 17.4 Å². The number of hydrogen-bond donors (Lipinski definition) is 0. The number of anilines is 1. The molecular formula is C33H28ClNO4S. The minimum absolute atomic E-state index is 0.117. The van der Waals surface area contributed by atoms with E-state index in [2.05, 4.69) is 0 Å². The minimum atomic E-state index is -3.99. The molecule has 0 bridgehead atoms. The zero-order chi connectivity index (χ0) is 27.7. The summed E-state index contributed by atoms with van der Waals surface area (Å²) in [5, 5.41) is 1.35. The second-order valence-corrected chi connectivity index (χ2v) is 12.1. The maximum atomic E-state index is 14.4. The van der Waals surface area contributed by atoms with Crippen molar-refractivity contribution in [1.29, 1.82) is 0 Å². The van der Waals surface area contributed by atoms with Crippen LogP contribution in [0.15, 0.2) is 119 Å². The van der Waals surface area contributed by atoms with Gasteiger partial charge < -0.3 is 9.15 Å². The topological polar surface area (TPSA) is 59.8 Å². The van der Waals surface area contributed by atoms with Crippen LogP contribution in [0.1, 0.15) is 35.0 Å². The summed E-state index contributed by atoms with van der Waals surface area (Å²) in [5.74, 6) is 0.464. The van der Waals surface area contributed by atoms with Crippen LogP contribution in [0.5, 0.6) is 0 Å². The molecule has 0 fully saturated rings. The summed E-state index contributed by atoms with van der Waals surface area (Å²) in [6.07, 6.45) is 1.94. The number of benzene rings is 4. The number of ether oxygens (including phenoxy) is 1. The molecule has 1 atom stereocenters. The number of halogens is 1. The van der Waals surface area contributed by atoms with Crippen LogP contribution >= 0.6 is 11.6 Å². The van der Waals surface area contributed by atoms with Gasteiger partial charge in [0.25, 0.3) is 10.0 Å². The van der Waals surface area contributed by atoms with Gasteiger partial charge >= 0.3 is 0 Å². The summed E-state index contributed by atoms with van der Waals surface area (Å²) in [4.78, 5) is 0.213. The first-order valence-electron chi connectivity index (χ1n) is 13.1. The fourth-order valence-corrected chi connectivity index (χ4v) is 6.65. The lowest BCUT2D eigenvalue weighted by molar-refractivity contribution is 0.0710. The van der Waals surface area contributed by atoms with Gasteiger partial charge in [-0.3, -0.25) is 4.31 Å². The molecule has 1 aromatic heterocycles. The molecule has 0 aliphatic carbocycles. The second-order valence-electron chi connectivity index (χ2n) is 9.81. The van der Waals surface area contributed by atoms with Gasteiger partial charge in [-0.25, -0.2) is 8.42 Å². The summed E-state index contributed by atoms with van der Waals surface area (Å²) in [7, 11) is -3.99. The van der Waals surface area contributed by atoms with Gasteiger partial charge in [-0.15, -0.1) is 0 Å². The molecule has 0 unspecified atom stereocenters. The van der Waals surface area contributed by atoms with Crippen molar-refractivity contribution in [2.75, 3.05) is 17.5 Å². The summed E-state index contributed by atoms with van der Waals surface area (Å²) in [6.45, 7) is 2.46. The van der Waals surface area contributed by atoms with E-state index in [1.54, 1.807) is 12.1 Å². The fraction of sp³-hybridized carbons (Fsp3) is 0.152. The number of sulfonamides is 1. The molecule has 1 aliphatic heterocycles. The predicted molar refractivity (Wildman–Crippen MR) is 160 cm³/mol. The minimum Gasteiger partial charge on any atom is -0.456 e. The first kappa shape index (κ1) is 26.4. The Labute approximate surface area is 239 Å². The predicted octanol–water partition coefficient (Wildman–Crippen LogP) is 8.18. The van der Waals surface area contributed by atoms with Crippen LogP contribution in [0.3, 0.4) is 0 Å². The van der Waals surface area contributed by atoms with Crippen LogP contribution in [0, 0.1) is 6.92 Å². The molecule has 0 radical (unpaired) electrons. The first-order chi connectivity index (χ1) is 19.4. The Morgan fingerprint density at radius 1 is 0.850 bits per heavy atom. The molecule has 6 rings (SSSR count). The molecule has 4 aromatic carbocycles. The van der Waals surface area contributed by atoms with Crippen molar-refractivity contribution < 1.29 is 17.6 Å². The Morgan fingerprint density at radius 2 is 1.55 bits per heavy atom. The molecule has 7 heteroatoms. The Kier molecular flexibility index (Phi) is 7.24. The van der Waals surface area contributed by atoms with Gasteiger partial charge in [0.15, 0.2) is 5.76 Å². The van der Waals surface area contributed by atoms with Crippen LogP contribution in [-0.2, 0) is 14.8 Å². The van der Waals surface area contributed by atoms with Crippen molar-refractivity contribution in [2.24, 2.45) is 0 Å². The number of aryl methyl sites for hydroxylation is 1. The first-order valence-corrected chi connectivity index (χ1v) is 15.0. The van der Waals surface area contributed by atoms with Gasteiger partial charge in [0.05, 0.1) is 18.0 Å². The van der Waals surface area contributed by atoms with Crippen molar-refractivity contribution in [2.45, 2.75) is 24.3 Å². The summed E-state index contributed by atoms with van der Waals surface area (Å²) >= 11 is 6.16. The Hall–Kier alpha value is -3.84. The molecule has 0 saturated heterocycles. The van der Waals surface area contributed by atoms with E-state index < -0.39 is 16.1 Å². The van der Waals surface area contributed by atoms with Crippen molar-refractivity contribution >= 4 is 43.9 Å². The molecule has 202 valence electrons. The van der Waals surface area contributed by atoms with E-state index in [9.17, 15) is 8.42 Å². The number of para-hydroxylation sites is 1.